The number of urea groups is 1. The third kappa shape index (κ3) is 6.41. The van der Waals surface area contributed by atoms with E-state index in [0.29, 0.717) is 24.8 Å². The van der Waals surface area contributed by atoms with Crippen LogP contribution in [0.25, 0.3) is 0 Å². The Morgan fingerprint density at radius 2 is 1.76 bits per heavy atom. The van der Waals surface area contributed by atoms with Gasteiger partial charge in [0, 0.05) is 25.2 Å². The lowest BCUT2D eigenvalue weighted by atomic mass is 9.91. The Morgan fingerprint density at radius 1 is 1.14 bits per heavy atom. The van der Waals surface area contributed by atoms with E-state index in [1.165, 1.54) is 18.2 Å². The number of thioether (sulfide) groups is 1. The minimum atomic E-state index is -0.498. The number of carbonyl (C=O) groups excluding carboxylic acids is 2. The lowest BCUT2D eigenvalue weighted by Crippen LogP contribution is -2.56. The summed E-state index contributed by atoms with van der Waals surface area (Å²) in [5.74, 6) is 0. The van der Waals surface area contributed by atoms with Crippen molar-refractivity contribution in [1.82, 2.24) is 15.1 Å². The number of piperidine rings is 1. The van der Waals surface area contributed by atoms with E-state index in [2.05, 4.69) is 10.3 Å². The summed E-state index contributed by atoms with van der Waals surface area (Å²) in [5, 5.41) is 3.59. The Bertz CT molecular complexity index is 626. The molecule has 1 saturated carbocycles. The average molecular weight is 445 g/mol. The molecule has 2 fully saturated rings. The normalized spacial score (nSPS) is 24.2. The maximum absolute atomic E-state index is 13.2. The molecule has 0 aromatic rings. The molecule has 1 atom stereocenters. The molecular formula is C20H33ClN4O3S. The van der Waals surface area contributed by atoms with Crippen LogP contribution in [0, 0.1) is 0 Å². The molecule has 9 heteroatoms. The van der Waals surface area contributed by atoms with Gasteiger partial charge in [-0.15, -0.1) is 11.6 Å². The van der Waals surface area contributed by atoms with Crippen LogP contribution in [0.15, 0.2) is 4.99 Å². The van der Waals surface area contributed by atoms with E-state index in [1.54, 1.807) is 4.90 Å². The number of rotatable bonds is 2. The summed E-state index contributed by atoms with van der Waals surface area (Å²) in [6.07, 6.45) is 6.89. The summed E-state index contributed by atoms with van der Waals surface area (Å²) in [6.45, 7) is 7.37. The zero-order valence-corrected chi connectivity index (χ0v) is 19.2. The molecule has 0 bridgehead atoms. The molecule has 2 aliphatic heterocycles. The second kappa shape index (κ2) is 9.77. The summed E-state index contributed by atoms with van der Waals surface area (Å²) >= 11 is 7.49. The van der Waals surface area contributed by atoms with Crippen molar-refractivity contribution in [2.75, 3.05) is 19.6 Å². The Kier molecular flexibility index (Phi) is 7.59. The number of halogens is 1. The molecule has 0 aromatic heterocycles. The van der Waals surface area contributed by atoms with Gasteiger partial charge in [0.15, 0.2) is 5.17 Å². The van der Waals surface area contributed by atoms with Crippen molar-refractivity contribution in [3.63, 3.8) is 0 Å². The van der Waals surface area contributed by atoms with Crippen molar-refractivity contribution in [2.24, 2.45) is 4.99 Å². The first-order valence-electron chi connectivity index (χ1n) is 10.7. The van der Waals surface area contributed by atoms with Crippen LogP contribution in [-0.4, -0.2) is 69.1 Å². The monoisotopic (exact) mass is 444 g/mol. The number of hydrogen-bond acceptors (Lipinski definition) is 5. The zero-order valence-electron chi connectivity index (χ0n) is 17.7. The topological polar surface area (TPSA) is 74.2 Å². The summed E-state index contributed by atoms with van der Waals surface area (Å²) in [4.78, 5) is 33.7. The largest absolute Gasteiger partial charge is 0.444 e. The molecule has 1 unspecified atom stereocenters. The smallest absolute Gasteiger partial charge is 0.410 e. The molecule has 0 aromatic carbocycles. The Balaban J connectivity index is 1.62. The highest BCUT2D eigenvalue weighted by Crippen LogP contribution is 2.29. The van der Waals surface area contributed by atoms with Gasteiger partial charge in [-0.3, -0.25) is 10.3 Å². The molecule has 29 heavy (non-hydrogen) atoms. The predicted octanol–water partition coefficient (Wildman–Crippen LogP) is 4.40. The van der Waals surface area contributed by atoms with Gasteiger partial charge in [0.25, 0.3) is 0 Å². The molecule has 1 saturated heterocycles. The highest BCUT2D eigenvalue weighted by atomic mass is 35.5. The highest BCUT2D eigenvalue weighted by Gasteiger charge is 2.36. The van der Waals surface area contributed by atoms with Crippen LogP contribution < -0.4 is 5.32 Å². The number of ether oxygens (including phenoxy) is 1. The Labute approximate surface area is 182 Å². The van der Waals surface area contributed by atoms with E-state index in [9.17, 15) is 9.59 Å². The van der Waals surface area contributed by atoms with Crippen molar-refractivity contribution < 1.29 is 14.3 Å². The van der Waals surface area contributed by atoms with Crippen molar-refractivity contribution >= 4 is 40.7 Å². The van der Waals surface area contributed by atoms with Gasteiger partial charge in [-0.2, -0.15) is 0 Å². The van der Waals surface area contributed by atoms with Crippen molar-refractivity contribution in [3.05, 3.63) is 0 Å². The molecule has 1 aliphatic carbocycles. The molecule has 7 nitrogen and oxygen atoms in total. The van der Waals surface area contributed by atoms with Crippen molar-refractivity contribution in [2.45, 2.75) is 88.1 Å². The number of nitrogens with zero attached hydrogens (tertiary/aromatic N) is 3. The lowest BCUT2D eigenvalue weighted by Gasteiger charge is -2.43. The molecule has 1 N–H and O–H groups in total. The predicted molar refractivity (Wildman–Crippen MR) is 118 cm³/mol. The molecule has 3 amide bonds. The summed E-state index contributed by atoms with van der Waals surface area (Å²) in [5.41, 5.74) is -0.498. The molecule has 164 valence electrons. The van der Waals surface area contributed by atoms with E-state index in [1.807, 2.05) is 25.7 Å². The molecule has 2 heterocycles. The van der Waals surface area contributed by atoms with Crippen molar-refractivity contribution in [1.29, 1.82) is 0 Å². The first-order valence-corrected chi connectivity index (χ1v) is 12.0. The Morgan fingerprint density at radius 3 is 2.31 bits per heavy atom. The highest BCUT2D eigenvalue weighted by molar-refractivity contribution is 8.15. The quantitative estimate of drug-likeness (QED) is 0.640. The SMILES string of the molecule is CC(C)(C)OC(=O)N1CCC(N(C(=O)NC2=NCC(Cl)S2)C2CCCCC2)CC1. The third-order valence-corrected chi connectivity index (χ3v) is 6.81. The molecule has 3 aliphatic rings. The van der Waals surface area contributed by atoms with Gasteiger partial charge in [0.2, 0.25) is 0 Å². The summed E-state index contributed by atoms with van der Waals surface area (Å²) < 4.78 is 5.39. The minimum absolute atomic E-state index is 0.0790. The van der Waals surface area contributed by atoms with E-state index in [4.69, 9.17) is 16.3 Å². The maximum atomic E-state index is 13.2. The van der Waals surface area contributed by atoms with E-state index < -0.39 is 5.60 Å². The number of likely N-dealkylation sites (tertiary alicyclic amines) is 1. The van der Waals surface area contributed by atoms with Gasteiger partial charge >= 0.3 is 12.1 Å². The van der Waals surface area contributed by atoms with Crippen LogP contribution in [0.4, 0.5) is 9.59 Å². The molecule has 0 radical (unpaired) electrons. The minimum Gasteiger partial charge on any atom is -0.444 e. The molecule has 3 rings (SSSR count). The fourth-order valence-electron chi connectivity index (χ4n) is 4.22. The fraction of sp³-hybridized carbons (Fsp3) is 0.850. The van der Waals surface area contributed by atoms with Gasteiger partial charge in [0.05, 0.1) is 6.54 Å². The standard InChI is InChI=1S/C20H33ClN4O3S/c1-20(2,3)28-19(27)24-11-9-15(10-12-24)25(14-7-5-4-6-8-14)18(26)23-17-22-13-16(21)29-17/h14-16H,4-13H2,1-3H3,(H,22,23,26). The van der Waals surface area contributed by atoms with E-state index in [0.717, 1.165) is 38.5 Å². The molecule has 0 spiro atoms. The maximum Gasteiger partial charge on any atom is 0.410 e. The lowest BCUT2D eigenvalue weighted by molar-refractivity contribution is 0.0137. The van der Waals surface area contributed by atoms with Crippen LogP contribution in [-0.2, 0) is 4.74 Å². The number of nitrogens with one attached hydrogen (secondary N) is 1. The number of amidine groups is 1. The van der Waals surface area contributed by atoms with E-state index in [-0.39, 0.29) is 28.9 Å². The zero-order chi connectivity index (χ0) is 21.0. The number of carbonyl (C=O) groups is 2. The third-order valence-electron chi connectivity index (χ3n) is 5.54. The molecular weight excluding hydrogens is 412 g/mol. The summed E-state index contributed by atoms with van der Waals surface area (Å²) in [7, 11) is 0. The van der Waals surface area contributed by atoms with Crippen LogP contribution >= 0.6 is 23.4 Å². The van der Waals surface area contributed by atoms with Gasteiger partial charge in [-0.1, -0.05) is 31.0 Å². The number of aliphatic imine (C=N–C) groups is 1. The van der Waals surface area contributed by atoms with Crippen LogP contribution in [0.1, 0.15) is 65.7 Å². The van der Waals surface area contributed by atoms with E-state index >= 15 is 0 Å². The number of amides is 3. The van der Waals surface area contributed by atoms with Crippen LogP contribution in [0.3, 0.4) is 0 Å². The fourth-order valence-corrected chi connectivity index (χ4v) is 5.23. The first-order chi connectivity index (χ1) is 13.7. The van der Waals surface area contributed by atoms with Gasteiger partial charge in [0.1, 0.15) is 10.3 Å². The Hall–Kier alpha value is -1.15. The van der Waals surface area contributed by atoms with Crippen LogP contribution in [0.5, 0.6) is 0 Å². The second-order valence-electron chi connectivity index (χ2n) is 9.00. The van der Waals surface area contributed by atoms with Gasteiger partial charge in [-0.25, -0.2) is 9.59 Å². The summed E-state index contributed by atoms with van der Waals surface area (Å²) in [6, 6.07) is 0.292. The number of alkyl halides is 1. The van der Waals surface area contributed by atoms with Gasteiger partial charge in [-0.05, 0) is 46.5 Å². The van der Waals surface area contributed by atoms with Crippen molar-refractivity contribution in [3.8, 4) is 0 Å². The second-order valence-corrected chi connectivity index (χ2v) is 11.0. The first kappa shape index (κ1) is 22.5. The van der Waals surface area contributed by atoms with Gasteiger partial charge < -0.3 is 14.5 Å². The average Bonchev–Trinajstić information content (AvgIpc) is 3.06. The number of hydrogen-bond donors (Lipinski definition) is 1. The van der Waals surface area contributed by atoms with Crippen LogP contribution in [0.2, 0.25) is 0 Å².